The molecular formula is C37H43ClF2N6O5. The molecule has 5 rings (SSSR count). The Hall–Kier alpha value is -4.72. The first-order valence-electron chi connectivity index (χ1n) is 16.6. The number of rotatable bonds is 13. The van der Waals surface area contributed by atoms with Crippen LogP contribution in [-0.2, 0) is 6.54 Å². The largest absolute Gasteiger partial charge is 0.493 e. The van der Waals surface area contributed by atoms with Gasteiger partial charge < -0.3 is 34.1 Å². The lowest BCUT2D eigenvalue weighted by Gasteiger charge is -2.32. The number of piperazine rings is 1. The molecule has 0 atom stereocenters. The Morgan fingerprint density at radius 1 is 0.941 bits per heavy atom. The second kappa shape index (κ2) is 17.0. The number of ether oxygens (including phenoxy) is 4. The van der Waals surface area contributed by atoms with Gasteiger partial charge in [-0.15, -0.1) is 0 Å². The van der Waals surface area contributed by atoms with Gasteiger partial charge in [-0.1, -0.05) is 29.3 Å². The minimum atomic E-state index is -0.882. The van der Waals surface area contributed by atoms with Crippen molar-refractivity contribution in [2.75, 3.05) is 70.8 Å². The van der Waals surface area contributed by atoms with Gasteiger partial charge >= 0.3 is 6.09 Å². The van der Waals surface area contributed by atoms with Crippen molar-refractivity contribution < 1.29 is 32.5 Å². The SMILES string of the molecule is COc1cc(Nc2nccc(N(Cc3c(F)ccc(F)c3Cl)C(=O)Oc3c(C)cc(C)cc3C)n2)cc(OCCCN2CCN(C)CC2)c1OC. The summed E-state index contributed by atoms with van der Waals surface area (Å²) in [6, 6.07) is 10.5. The molecule has 1 aliphatic rings. The van der Waals surface area contributed by atoms with Crippen LogP contribution in [0.25, 0.3) is 0 Å². The molecule has 1 N–H and O–H groups in total. The number of likely N-dealkylation sites (N-methyl/N-ethyl adjacent to an activating group) is 1. The highest BCUT2D eigenvalue weighted by Crippen LogP contribution is 2.41. The Morgan fingerprint density at radius 3 is 2.31 bits per heavy atom. The summed E-state index contributed by atoms with van der Waals surface area (Å²) in [4.78, 5) is 28.5. The van der Waals surface area contributed by atoms with Crippen LogP contribution in [0.1, 0.15) is 28.7 Å². The van der Waals surface area contributed by atoms with E-state index in [0.29, 0.717) is 35.3 Å². The standard InChI is InChI=1S/C37H43ClF2N6O5/c1-23-18-24(2)34(25(3)19-23)51-37(47)46(22-27-28(39)8-9-29(40)33(27)38)32-10-11-41-36(43-32)42-26-20-30(48-5)35(49-6)31(21-26)50-17-7-12-45-15-13-44(4)14-16-45/h8-11,18-21H,7,12-17,22H2,1-6H3,(H,41,42,43). The zero-order valence-corrected chi connectivity index (χ0v) is 30.4. The van der Waals surface area contributed by atoms with Gasteiger partial charge in [0, 0.05) is 62.3 Å². The first kappa shape index (κ1) is 37.5. The minimum absolute atomic E-state index is 0.0421. The number of halogens is 3. The molecule has 4 aromatic rings. The number of benzene rings is 3. The van der Waals surface area contributed by atoms with Gasteiger partial charge in [0.25, 0.3) is 0 Å². The quantitative estimate of drug-likeness (QED) is 0.112. The van der Waals surface area contributed by atoms with Crippen molar-refractivity contribution in [1.29, 1.82) is 0 Å². The highest BCUT2D eigenvalue weighted by atomic mass is 35.5. The first-order chi connectivity index (χ1) is 24.5. The number of nitrogens with one attached hydrogen (secondary N) is 1. The molecule has 272 valence electrons. The highest BCUT2D eigenvalue weighted by Gasteiger charge is 2.26. The van der Waals surface area contributed by atoms with Crippen LogP contribution in [0.4, 0.5) is 31.0 Å². The van der Waals surface area contributed by atoms with E-state index in [0.717, 1.165) is 72.9 Å². The van der Waals surface area contributed by atoms with Gasteiger partial charge in [-0.2, -0.15) is 4.98 Å². The number of amides is 1. The molecule has 1 aliphatic heterocycles. The average Bonchev–Trinajstić information content (AvgIpc) is 3.10. The molecule has 0 radical (unpaired) electrons. The van der Waals surface area contributed by atoms with E-state index in [-0.39, 0.29) is 17.3 Å². The molecule has 1 saturated heterocycles. The maximum atomic E-state index is 15.0. The number of hydrogen-bond acceptors (Lipinski definition) is 10. The Balaban J connectivity index is 1.40. The zero-order valence-electron chi connectivity index (χ0n) is 29.7. The van der Waals surface area contributed by atoms with Crippen molar-refractivity contribution in [2.24, 2.45) is 0 Å². The van der Waals surface area contributed by atoms with E-state index in [1.54, 1.807) is 12.1 Å². The lowest BCUT2D eigenvalue weighted by Crippen LogP contribution is -2.44. The number of aryl methyl sites for hydroxylation is 3. The summed E-state index contributed by atoms with van der Waals surface area (Å²) >= 11 is 6.18. The third kappa shape index (κ3) is 9.34. The van der Waals surface area contributed by atoms with Gasteiger partial charge in [-0.05, 0) is 63.6 Å². The first-order valence-corrected chi connectivity index (χ1v) is 16.9. The Morgan fingerprint density at radius 2 is 1.63 bits per heavy atom. The molecule has 14 heteroatoms. The second-order valence-electron chi connectivity index (χ2n) is 12.4. The van der Waals surface area contributed by atoms with E-state index in [1.165, 1.54) is 26.5 Å². The fourth-order valence-corrected chi connectivity index (χ4v) is 6.13. The molecule has 51 heavy (non-hydrogen) atoms. The zero-order chi connectivity index (χ0) is 36.7. The van der Waals surface area contributed by atoms with Crippen molar-refractivity contribution in [2.45, 2.75) is 33.7 Å². The molecule has 1 amide bonds. The normalized spacial score (nSPS) is 13.5. The molecule has 11 nitrogen and oxygen atoms in total. The third-order valence-electron chi connectivity index (χ3n) is 8.56. The van der Waals surface area contributed by atoms with E-state index in [1.807, 2.05) is 32.9 Å². The van der Waals surface area contributed by atoms with E-state index in [4.69, 9.17) is 30.5 Å². The topological polar surface area (TPSA) is 102 Å². The van der Waals surface area contributed by atoms with Gasteiger partial charge in [0.15, 0.2) is 11.5 Å². The number of anilines is 3. The predicted octanol–water partition coefficient (Wildman–Crippen LogP) is 7.32. The van der Waals surface area contributed by atoms with E-state index >= 15 is 4.39 Å². The van der Waals surface area contributed by atoms with Gasteiger partial charge in [-0.3, -0.25) is 4.90 Å². The molecular weight excluding hydrogens is 682 g/mol. The monoisotopic (exact) mass is 724 g/mol. The second-order valence-corrected chi connectivity index (χ2v) is 12.8. The molecule has 2 heterocycles. The smallest absolute Gasteiger partial charge is 0.421 e. The van der Waals surface area contributed by atoms with Crippen molar-refractivity contribution in [1.82, 2.24) is 19.8 Å². The molecule has 1 aromatic heterocycles. The number of nitrogens with zero attached hydrogens (tertiary/aromatic N) is 5. The lowest BCUT2D eigenvalue weighted by atomic mass is 10.1. The Bertz CT molecular complexity index is 1830. The summed E-state index contributed by atoms with van der Waals surface area (Å²) in [5.74, 6) is 0.153. The predicted molar refractivity (Wildman–Crippen MR) is 193 cm³/mol. The van der Waals surface area contributed by atoms with Crippen LogP contribution in [0.3, 0.4) is 0 Å². The molecule has 3 aromatic carbocycles. The summed E-state index contributed by atoms with van der Waals surface area (Å²) in [6.07, 6.45) is 1.36. The van der Waals surface area contributed by atoms with Crippen LogP contribution in [0, 0.1) is 32.4 Å². The molecule has 0 aliphatic carbocycles. The van der Waals surface area contributed by atoms with Crippen LogP contribution in [-0.4, -0.2) is 86.5 Å². The number of methoxy groups -OCH3 is 2. The van der Waals surface area contributed by atoms with Crippen LogP contribution in [0.5, 0.6) is 23.0 Å². The number of aromatic nitrogens is 2. The number of hydrogen-bond donors (Lipinski definition) is 1. The van der Waals surface area contributed by atoms with Gasteiger partial charge in [0.05, 0.1) is 32.4 Å². The average molecular weight is 725 g/mol. The summed E-state index contributed by atoms with van der Waals surface area (Å²) in [7, 11) is 5.19. The van der Waals surface area contributed by atoms with Crippen molar-refractivity contribution in [3.8, 4) is 23.0 Å². The van der Waals surface area contributed by atoms with Crippen LogP contribution >= 0.6 is 11.6 Å². The lowest BCUT2D eigenvalue weighted by molar-refractivity contribution is 0.145. The maximum Gasteiger partial charge on any atom is 0.421 e. The minimum Gasteiger partial charge on any atom is -0.493 e. The summed E-state index contributed by atoms with van der Waals surface area (Å²) < 4.78 is 52.7. The van der Waals surface area contributed by atoms with Crippen molar-refractivity contribution >= 4 is 35.1 Å². The van der Waals surface area contributed by atoms with Crippen molar-refractivity contribution in [3.63, 3.8) is 0 Å². The van der Waals surface area contributed by atoms with Crippen LogP contribution in [0.2, 0.25) is 5.02 Å². The highest BCUT2D eigenvalue weighted by molar-refractivity contribution is 6.31. The van der Waals surface area contributed by atoms with Crippen molar-refractivity contribution in [3.05, 3.63) is 87.6 Å². The van der Waals surface area contributed by atoms with Gasteiger partial charge in [0.2, 0.25) is 11.7 Å². The maximum absolute atomic E-state index is 15.0. The van der Waals surface area contributed by atoms with E-state index < -0.39 is 29.3 Å². The molecule has 0 saturated carbocycles. The Labute approximate surface area is 302 Å². The third-order valence-corrected chi connectivity index (χ3v) is 8.97. The van der Waals surface area contributed by atoms with Gasteiger partial charge in [-0.25, -0.2) is 18.6 Å². The molecule has 0 bridgehead atoms. The molecule has 0 spiro atoms. The summed E-state index contributed by atoms with van der Waals surface area (Å²) in [6.45, 7) is 10.6. The fourth-order valence-electron chi connectivity index (χ4n) is 5.92. The Kier molecular flexibility index (Phi) is 12.5. The van der Waals surface area contributed by atoms with Crippen LogP contribution in [0.15, 0.2) is 48.7 Å². The van der Waals surface area contributed by atoms with Gasteiger partial charge in [0.1, 0.15) is 23.2 Å². The van der Waals surface area contributed by atoms with Crippen LogP contribution < -0.4 is 29.2 Å². The van der Waals surface area contributed by atoms with E-state index in [9.17, 15) is 9.18 Å². The fraction of sp³-hybridized carbons (Fsp3) is 0.378. The molecule has 0 unspecified atom stereocenters. The molecule has 1 fully saturated rings. The number of carbonyl (C=O) groups excluding carboxylic acids is 1. The summed E-state index contributed by atoms with van der Waals surface area (Å²) in [5.41, 5.74) is 2.72. The summed E-state index contributed by atoms with van der Waals surface area (Å²) in [5, 5.41) is 2.68. The number of carbonyl (C=O) groups is 1. The van der Waals surface area contributed by atoms with E-state index in [2.05, 4.69) is 32.1 Å².